The molecular weight excluding hydrogens is 481 g/mol. The standard InChI is InChI=1S/C30H42FN5S/c1-33(27-13-3-2-4-14-27)18-7-8-19-34(22-25-12-11-17-32-30(25)31)23-26-24-36(37-35-20-9-10-21-35)29-16-6-5-15-28(26)29/h5-6,11-12,15-17,24,27H,2-4,7-10,13-14,18-23H2,1H3. The summed E-state index contributed by atoms with van der Waals surface area (Å²) >= 11 is 1.83. The molecule has 2 aromatic heterocycles. The molecule has 0 N–H and O–H groups in total. The molecule has 1 aliphatic heterocycles. The number of para-hydroxylation sites is 1. The van der Waals surface area contributed by atoms with Gasteiger partial charge in [-0.25, -0.2) is 9.29 Å². The van der Waals surface area contributed by atoms with Gasteiger partial charge in [-0.2, -0.15) is 4.39 Å². The number of pyridine rings is 1. The zero-order valence-corrected chi connectivity index (χ0v) is 23.1. The average molecular weight is 524 g/mol. The highest BCUT2D eigenvalue weighted by atomic mass is 32.2. The van der Waals surface area contributed by atoms with Crippen LogP contribution in [0.15, 0.2) is 48.8 Å². The second-order valence-electron chi connectivity index (χ2n) is 10.9. The van der Waals surface area contributed by atoms with E-state index in [0.29, 0.717) is 12.1 Å². The second kappa shape index (κ2) is 13.2. The van der Waals surface area contributed by atoms with Gasteiger partial charge >= 0.3 is 0 Å². The summed E-state index contributed by atoms with van der Waals surface area (Å²) in [5.41, 5.74) is 3.25. The number of rotatable bonds is 12. The molecule has 0 spiro atoms. The average Bonchev–Trinajstić information content (AvgIpc) is 3.57. The first-order valence-corrected chi connectivity index (χ1v) is 14.9. The molecule has 7 heteroatoms. The summed E-state index contributed by atoms with van der Waals surface area (Å²) in [5, 5.41) is 1.29. The highest BCUT2D eigenvalue weighted by Crippen LogP contribution is 2.30. The number of benzene rings is 1. The molecule has 5 nitrogen and oxygen atoms in total. The molecule has 2 fully saturated rings. The maximum atomic E-state index is 14.5. The molecule has 3 aromatic rings. The number of hydrogen-bond acceptors (Lipinski definition) is 5. The van der Waals surface area contributed by atoms with Crippen molar-refractivity contribution in [2.24, 2.45) is 0 Å². The third-order valence-electron chi connectivity index (χ3n) is 8.09. The van der Waals surface area contributed by atoms with Crippen LogP contribution in [0.4, 0.5) is 4.39 Å². The molecule has 3 heterocycles. The van der Waals surface area contributed by atoms with Gasteiger partial charge in [-0.3, -0.25) is 8.87 Å². The number of unbranched alkanes of at least 4 members (excludes halogenated alkanes) is 1. The van der Waals surface area contributed by atoms with E-state index in [2.05, 4.69) is 60.6 Å². The Morgan fingerprint density at radius 1 is 0.919 bits per heavy atom. The third-order valence-corrected chi connectivity index (χ3v) is 9.16. The van der Waals surface area contributed by atoms with E-state index in [4.69, 9.17) is 0 Å². The number of halogens is 1. The first-order valence-electron chi connectivity index (χ1n) is 14.2. The predicted octanol–water partition coefficient (Wildman–Crippen LogP) is 6.73. The normalized spacial score (nSPS) is 17.5. The molecular formula is C30H42FN5S. The van der Waals surface area contributed by atoms with E-state index < -0.39 is 0 Å². The molecule has 37 heavy (non-hydrogen) atoms. The van der Waals surface area contributed by atoms with Gasteiger partial charge in [0.2, 0.25) is 5.95 Å². The molecule has 0 unspecified atom stereocenters. The Hall–Kier alpha value is -1.93. The number of hydrogen-bond donors (Lipinski definition) is 0. The molecule has 2 aliphatic rings. The first kappa shape index (κ1) is 26.7. The van der Waals surface area contributed by atoms with Gasteiger partial charge in [0.25, 0.3) is 0 Å². The van der Waals surface area contributed by atoms with E-state index >= 15 is 0 Å². The fraction of sp³-hybridized carbons (Fsp3) is 0.567. The summed E-state index contributed by atoms with van der Waals surface area (Å²) in [6, 6.07) is 13.2. The number of nitrogens with zero attached hydrogens (tertiary/aromatic N) is 5. The molecule has 0 radical (unpaired) electrons. The van der Waals surface area contributed by atoms with Gasteiger partial charge in [0.1, 0.15) is 0 Å². The lowest BCUT2D eigenvalue weighted by atomic mass is 9.94. The fourth-order valence-electron chi connectivity index (χ4n) is 5.94. The van der Waals surface area contributed by atoms with Crippen LogP contribution in [0, 0.1) is 5.95 Å². The second-order valence-corrected chi connectivity index (χ2v) is 11.9. The summed E-state index contributed by atoms with van der Waals surface area (Å²) in [7, 11) is 2.30. The molecule has 1 saturated heterocycles. The van der Waals surface area contributed by atoms with Crippen LogP contribution >= 0.6 is 12.1 Å². The summed E-state index contributed by atoms with van der Waals surface area (Å²) in [6.45, 7) is 5.78. The van der Waals surface area contributed by atoms with Crippen LogP contribution in [-0.2, 0) is 13.1 Å². The van der Waals surface area contributed by atoms with Gasteiger partial charge in [-0.1, -0.05) is 43.5 Å². The Kier molecular flexibility index (Phi) is 9.54. The van der Waals surface area contributed by atoms with Gasteiger partial charge < -0.3 is 4.90 Å². The Morgan fingerprint density at radius 2 is 1.68 bits per heavy atom. The highest BCUT2D eigenvalue weighted by Gasteiger charge is 2.20. The van der Waals surface area contributed by atoms with Gasteiger partial charge in [0.05, 0.1) is 5.52 Å². The summed E-state index contributed by atoms with van der Waals surface area (Å²) in [4.78, 5) is 8.90. The highest BCUT2D eigenvalue weighted by molar-refractivity contribution is 7.95. The van der Waals surface area contributed by atoms with Crippen LogP contribution in [0.3, 0.4) is 0 Å². The number of fused-ring (bicyclic) bond motifs is 1. The zero-order chi connectivity index (χ0) is 25.5. The Labute approximate surface area is 226 Å². The first-order chi connectivity index (χ1) is 18.2. The fourth-order valence-corrected chi connectivity index (χ4v) is 7.03. The maximum Gasteiger partial charge on any atom is 0.217 e. The van der Waals surface area contributed by atoms with Crippen LogP contribution in [0.1, 0.15) is 68.9 Å². The lowest BCUT2D eigenvalue weighted by Gasteiger charge is -2.31. The van der Waals surface area contributed by atoms with Crippen LogP contribution in [-0.4, -0.2) is 62.3 Å². The van der Waals surface area contributed by atoms with Crippen molar-refractivity contribution in [1.82, 2.24) is 23.1 Å². The Balaban J connectivity index is 1.27. The van der Waals surface area contributed by atoms with Gasteiger partial charge in [0.15, 0.2) is 0 Å². The SMILES string of the molecule is CN(CCCCN(Cc1cccnc1F)Cc1cn(SN2CCCC2)c2ccccc12)C1CCCCC1. The van der Waals surface area contributed by atoms with Crippen molar-refractivity contribution in [2.75, 3.05) is 33.2 Å². The van der Waals surface area contributed by atoms with Crippen LogP contribution in [0.25, 0.3) is 10.9 Å². The Morgan fingerprint density at radius 3 is 2.49 bits per heavy atom. The molecule has 1 aromatic carbocycles. The summed E-state index contributed by atoms with van der Waals surface area (Å²) in [5.74, 6) is -0.350. The largest absolute Gasteiger partial charge is 0.303 e. The van der Waals surface area contributed by atoms with E-state index in [1.807, 2.05) is 24.3 Å². The van der Waals surface area contributed by atoms with E-state index in [9.17, 15) is 4.39 Å². The molecule has 1 saturated carbocycles. The van der Waals surface area contributed by atoms with Crippen LogP contribution in [0.5, 0.6) is 0 Å². The van der Waals surface area contributed by atoms with E-state index in [1.165, 1.54) is 74.0 Å². The van der Waals surface area contributed by atoms with Crippen LogP contribution < -0.4 is 0 Å². The number of aromatic nitrogens is 2. The van der Waals surface area contributed by atoms with Gasteiger partial charge in [0, 0.05) is 67.7 Å². The van der Waals surface area contributed by atoms with Crippen molar-refractivity contribution in [1.29, 1.82) is 0 Å². The lowest BCUT2D eigenvalue weighted by molar-refractivity contribution is 0.182. The molecule has 0 amide bonds. The van der Waals surface area contributed by atoms with E-state index in [0.717, 1.165) is 45.2 Å². The molecule has 5 rings (SSSR count). The summed E-state index contributed by atoms with van der Waals surface area (Å²) < 4.78 is 19.3. The molecule has 0 bridgehead atoms. The monoisotopic (exact) mass is 523 g/mol. The summed E-state index contributed by atoms with van der Waals surface area (Å²) in [6.07, 6.45) is 15.5. The van der Waals surface area contributed by atoms with Crippen molar-refractivity contribution < 1.29 is 4.39 Å². The minimum Gasteiger partial charge on any atom is -0.303 e. The quantitative estimate of drug-likeness (QED) is 0.149. The molecule has 0 atom stereocenters. The molecule has 200 valence electrons. The van der Waals surface area contributed by atoms with Crippen molar-refractivity contribution in [3.63, 3.8) is 0 Å². The van der Waals surface area contributed by atoms with Crippen molar-refractivity contribution in [3.8, 4) is 0 Å². The predicted molar refractivity (Wildman–Crippen MR) is 153 cm³/mol. The van der Waals surface area contributed by atoms with Crippen LogP contribution in [0.2, 0.25) is 0 Å². The maximum absolute atomic E-state index is 14.5. The third kappa shape index (κ3) is 7.14. The van der Waals surface area contributed by atoms with E-state index in [-0.39, 0.29) is 5.95 Å². The minimum absolute atomic E-state index is 0.350. The van der Waals surface area contributed by atoms with Crippen molar-refractivity contribution in [2.45, 2.75) is 76.9 Å². The lowest BCUT2D eigenvalue weighted by Crippen LogP contribution is -2.34. The Bertz CT molecular complexity index is 1120. The van der Waals surface area contributed by atoms with E-state index in [1.54, 1.807) is 0 Å². The minimum atomic E-state index is -0.350. The van der Waals surface area contributed by atoms with Crippen molar-refractivity contribution >= 4 is 23.0 Å². The molecule has 1 aliphatic carbocycles. The zero-order valence-electron chi connectivity index (χ0n) is 22.3. The van der Waals surface area contributed by atoms with Gasteiger partial charge in [-0.15, -0.1) is 0 Å². The topological polar surface area (TPSA) is 27.5 Å². The smallest absolute Gasteiger partial charge is 0.217 e. The van der Waals surface area contributed by atoms with Gasteiger partial charge in [-0.05, 0) is 76.4 Å². The van der Waals surface area contributed by atoms with Crippen molar-refractivity contribution in [3.05, 3.63) is 65.9 Å².